The molecule has 2 aromatic carbocycles. The van der Waals surface area contributed by atoms with Crippen molar-refractivity contribution in [2.45, 2.75) is 11.6 Å². The molecule has 31 heavy (non-hydrogen) atoms. The van der Waals surface area contributed by atoms with Crippen LogP contribution in [0, 0.1) is 40.5 Å². The maximum absolute atomic E-state index is 10.6. The van der Waals surface area contributed by atoms with Gasteiger partial charge in [-0.05, 0) is 24.6 Å². The van der Waals surface area contributed by atoms with Crippen molar-refractivity contribution in [3.8, 4) is 0 Å². The summed E-state index contributed by atoms with van der Waals surface area (Å²) < 4.78 is 0. The molecule has 0 aliphatic rings. The average Bonchev–Trinajstić information content (AvgIpc) is 2.75. The van der Waals surface area contributed by atoms with E-state index in [4.69, 9.17) is 11.6 Å². The van der Waals surface area contributed by atoms with Crippen LogP contribution in [0.1, 0.15) is 11.1 Å². The third-order valence-corrected chi connectivity index (χ3v) is 4.28. The first kappa shape index (κ1) is 28.0. The van der Waals surface area contributed by atoms with E-state index in [9.17, 15) is 40.5 Å². The third-order valence-electron chi connectivity index (χ3n) is 3.40. The first-order valence-corrected chi connectivity index (χ1v) is 10.8. The van der Waals surface area contributed by atoms with Crippen LogP contribution in [-0.4, -0.2) is 32.2 Å². The van der Waals surface area contributed by atoms with Crippen LogP contribution < -0.4 is 0 Å². The fourth-order valence-electron chi connectivity index (χ4n) is 2.06. The van der Waals surface area contributed by atoms with Crippen molar-refractivity contribution in [3.05, 3.63) is 88.0 Å². The van der Waals surface area contributed by atoms with E-state index in [0.717, 1.165) is 12.1 Å². The van der Waals surface area contributed by atoms with E-state index in [1.807, 2.05) is 6.26 Å². The summed E-state index contributed by atoms with van der Waals surface area (Å²) in [6, 6.07) is 7.06. The van der Waals surface area contributed by atoms with Gasteiger partial charge in [0.25, 0.3) is 22.7 Å². The Labute approximate surface area is 190 Å². The number of non-ortho nitro benzene ring substituents is 2. The Hall–Kier alpha value is -2.97. The molecular weight excluding hydrogens is 476 g/mol. The van der Waals surface area contributed by atoms with E-state index in [-0.39, 0.29) is 34.2 Å². The Morgan fingerprint density at radius 3 is 1.48 bits per heavy atom. The number of nitro benzene ring substituents is 4. The SMILES string of the molecule is CS.CSCc1ccc([N+](=O)[O-])cc1[N+](=O)[O-].O=[N+]([O-])c1ccc(CCl)c([N+](=O)[O-])c1. The Morgan fingerprint density at radius 2 is 1.16 bits per heavy atom. The Bertz CT molecular complexity index is 961. The van der Waals surface area contributed by atoms with Crippen LogP contribution in [-0.2, 0) is 11.6 Å². The van der Waals surface area contributed by atoms with Crippen LogP contribution in [0.2, 0.25) is 0 Å². The van der Waals surface area contributed by atoms with Crippen LogP contribution in [0.25, 0.3) is 0 Å². The van der Waals surface area contributed by atoms with Crippen molar-refractivity contribution in [1.29, 1.82) is 0 Å². The minimum absolute atomic E-state index is 0.0473. The Balaban J connectivity index is 0.000000539. The van der Waals surface area contributed by atoms with Crippen molar-refractivity contribution >= 4 is 58.7 Å². The summed E-state index contributed by atoms with van der Waals surface area (Å²) >= 11 is 10.4. The summed E-state index contributed by atoms with van der Waals surface area (Å²) in [5.41, 5.74) is -0.328. The van der Waals surface area contributed by atoms with Crippen LogP contribution in [0.4, 0.5) is 22.7 Å². The standard InChI is InChI=1S/C8H8N2O4S.C7H5ClN2O4.CH4S/c1-15-5-6-2-3-7(9(11)12)4-8(6)10(13)14;8-4-5-1-2-6(9(11)12)3-7(5)10(13)14;1-2/h2-4H,5H2,1H3;1-3H,4H2;2H,1H3. The molecule has 2 aromatic rings. The van der Waals surface area contributed by atoms with Crippen LogP contribution >= 0.6 is 36.0 Å². The molecule has 12 nitrogen and oxygen atoms in total. The summed E-state index contributed by atoms with van der Waals surface area (Å²) in [6.45, 7) is 0. The zero-order valence-corrected chi connectivity index (χ0v) is 18.6. The number of nitrogens with zero attached hydrogens (tertiary/aromatic N) is 4. The molecule has 168 valence electrons. The number of halogens is 1. The van der Waals surface area contributed by atoms with Crippen molar-refractivity contribution in [3.63, 3.8) is 0 Å². The minimum atomic E-state index is -0.690. The van der Waals surface area contributed by atoms with Gasteiger partial charge in [-0.25, -0.2) is 0 Å². The number of hydrogen-bond acceptors (Lipinski definition) is 10. The first-order chi connectivity index (χ1) is 14.6. The van der Waals surface area contributed by atoms with Gasteiger partial charge < -0.3 is 0 Å². The molecule has 0 aromatic heterocycles. The molecule has 0 aliphatic carbocycles. The van der Waals surface area contributed by atoms with Gasteiger partial charge >= 0.3 is 0 Å². The summed E-state index contributed by atoms with van der Waals surface area (Å²) in [7, 11) is 0. The Kier molecular flexibility index (Phi) is 12.8. The van der Waals surface area contributed by atoms with Gasteiger partial charge in [0.15, 0.2) is 0 Å². The second-order valence-corrected chi connectivity index (χ2v) is 6.35. The average molecular weight is 493 g/mol. The quantitative estimate of drug-likeness (QED) is 0.237. The summed E-state index contributed by atoms with van der Waals surface area (Å²) in [5.74, 6) is 0.419. The lowest BCUT2D eigenvalue weighted by Crippen LogP contribution is -1.96. The number of nitro groups is 4. The van der Waals surface area contributed by atoms with Gasteiger partial charge in [-0.1, -0.05) is 0 Å². The van der Waals surface area contributed by atoms with Gasteiger partial charge in [-0.2, -0.15) is 24.4 Å². The molecule has 0 fully saturated rings. The maximum Gasteiger partial charge on any atom is 0.280 e. The smallest absolute Gasteiger partial charge is 0.258 e. The molecule has 0 saturated heterocycles. The second-order valence-electron chi connectivity index (χ2n) is 5.22. The predicted octanol–water partition coefficient (Wildman–Crippen LogP) is 5.15. The van der Waals surface area contributed by atoms with Crippen LogP contribution in [0.5, 0.6) is 0 Å². The third kappa shape index (κ3) is 8.74. The van der Waals surface area contributed by atoms with Crippen molar-refractivity contribution < 1.29 is 19.7 Å². The fraction of sp³-hybridized carbons (Fsp3) is 0.250. The number of benzene rings is 2. The molecule has 15 heteroatoms. The summed E-state index contributed by atoms with van der Waals surface area (Å²) in [5, 5.41) is 41.9. The van der Waals surface area contributed by atoms with Gasteiger partial charge in [0.05, 0.1) is 37.7 Å². The minimum Gasteiger partial charge on any atom is -0.258 e. The van der Waals surface area contributed by atoms with Crippen molar-refractivity contribution in [2.24, 2.45) is 0 Å². The topological polar surface area (TPSA) is 173 Å². The zero-order chi connectivity index (χ0) is 24.1. The van der Waals surface area contributed by atoms with Crippen molar-refractivity contribution in [1.82, 2.24) is 0 Å². The number of thiol groups is 1. The molecule has 0 radical (unpaired) electrons. The van der Waals surface area contributed by atoms with Gasteiger partial charge in [0.1, 0.15) is 0 Å². The van der Waals surface area contributed by atoms with E-state index in [1.165, 1.54) is 36.0 Å². The van der Waals surface area contributed by atoms with Gasteiger partial charge in [0, 0.05) is 29.0 Å². The van der Waals surface area contributed by atoms with Gasteiger partial charge in [-0.15, -0.1) is 11.6 Å². The highest BCUT2D eigenvalue weighted by Crippen LogP contribution is 2.27. The second kappa shape index (κ2) is 14.1. The van der Waals surface area contributed by atoms with E-state index in [2.05, 4.69) is 12.6 Å². The van der Waals surface area contributed by atoms with Gasteiger partial charge in [-0.3, -0.25) is 40.5 Å². The maximum atomic E-state index is 10.6. The van der Waals surface area contributed by atoms with Crippen LogP contribution in [0.3, 0.4) is 0 Å². The lowest BCUT2D eigenvalue weighted by molar-refractivity contribution is -0.394. The normalized spacial score (nSPS) is 9.42. The van der Waals surface area contributed by atoms with Gasteiger partial charge in [0.2, 0.25) is 0 Å². The monoisotopic (exact) mass is 492 g/mol. The molecule has 0 heterocycles. The molecule has 0 aliphatic heterocycles. The molecule has 0 amide bonds. The number of alkyl halides is 1. The van der Waals surface area contributed by atoms with Crippen molar-refractivity contribution in [2.75, 3.05) is 12.5 Å². The van der Waals surface area contributed by atoms with E-state index in [0.29, 0.717) is 11.3 Å². The highest BCUT2D eigenvalue weighted by Gasteiger charge is 2.19. The zero-order valence-electron chi connectivity index (χ0n) is 16.2. The predicted molar refractivity (Wildman–Crippen MR) is 121 cm³/mol. The molecule has 2 rings (SSSR count). The van der Waals surface area contributed by atoms with E-state index >= 15 is 0 Å². The largest absolute Gasteiger partial charge is 0.280 e. The highest BCUT2D eigenvalue weighted by atomic mass is 35.5. The highest BCUT2D eigenvalue weighted by molar-refractivity contribution is 7.97. The van der Waals surface area contributed by atoms with Crippen LogP contribution in [0.15, 0.2) is 36.4 Å². The lowest BCUT2D eigenvalue weighted by atomic mass is 10.2. The molecule has 0 saturated carbocycles. The number of hydrogen-bond donors (Lipinski definition) is 1. The number of rotatable bonds is 7. The summed E-state index contributed by atoms with van der Waals surface area (Å²) in [4.78, 5) is 39.3. The molecular formula is C16H17ClN4O8S2. The Morgan fingerprint density at radius 1 is 0.774 bits per heavy atom. The molecule has 0 atom stereocenters. The molecule has 0 bridgehead atoms. The van der Waals surface area contributed by atoms with E-state index in [1.54, 1.807) is 6.26 Å². The number of thioether (sulfide) groups is 1. The van der Waals surface area contributed by atoms with E-state index < -0.39 is 19.7 Å². The fourth-order valence-corrected chi connectivity index (χ4v) is 2.84. The molecule has 0 unspecified atom stereocenters. The molecule has 0 N–H and O–H groups in total. The molecule has 0 spiro atoms. The summed E-state index contributed by atoms with van der Waals surface area (Å²) in [6.07, 6.45) is 3.51. The lowest BCUT2D eigenvalue weighted by Gasteiger charge is -2.00. The first-order valence-electron chi connectivity index (χ1n) is 7.95.